The van der Waals surface area contributed by atoms with E-state index in [1.54, 1.807) is 24.3 Å². The SMILES string of the molecule is Cc1cccc(NC(=O)c2cc(-c3cccc(F)c3)ccc2F)c1. The van der Waals surface area contributed by atoms with Crippen molar-refractivity contribution in [3.8, 4) is 11.1 Å². The Labute approximate surface area is 138 Å². The fourth-order valence-electron chi connectivity index (χ4n) is 2.47. The second-order valence-electron chi connectivity index (χ2n) is 5.53. The maximum Gasteiger partial charge on any atom is 0.258 e. The average Bonchev–Trinajstić information content (AvgIpc) is 2.55. The molecule has 0 saturated heterocycles. The van der Waals surface area contributed by atoms with Crippen LogP contribution in [-0.4, -0.2) is 5.91 Å². The van der Waals surface area contributed by atoms with Crippen molar-refractivity contribution in [3.63, 3.8) is 0 Å². The molecule has 0 aliphatic carbocycles. The Kier molecular flexibility index (Phi) is 4.38. The summed E-state index contributed by atoms with van der Waals surface area (Å²) in [5, 5.41) is 2.68. The molecule has 2 nitrogen and oxygen atoms in total. The second kappa shape index (κ2) is 6.62. The summed E-state index contributed by atoms with van der Waals surface area (Å²) in [5.74, 6) is -1.56. The molecule has 0 aliphatic rings. The van der Waals surface area contributed by atoms with Crippen LogP contribution in [0.25, 0.3) is 11.1 Å². The first-order valence-corrected chi connectivity index (χ1v) is 7.46. The van der Waals surface area contributed by atoms with Crippen LogP contribution in [0.2, 0.25) is 0 Å². The number of anilines is 1. The van der Waals surface area contributed by atoms with Crippen molar-refractivity contribution in [1.29, 1.82) is 0 Å². The topological polar surface area (TPSA) is 29.1 Å². The molecule has 0 unspecified atom stereocenters. The molecule has 0 atom stereocenters. The molecule has 3 aromatic rings. The number of aryl methyl sites for hydroxylation is 1. The number of carbonyl (C=O) groups is 1. The van der Waals surface area contributed by atoms with Crippen molar-refractivity contribution in [3.05, 3.63) is 89.5 Å². The van der Waals surface area contributed by atoms with Gasteiger partial charge in [0.15, 0.2) is 0 Å². The van der Waals surface area contributed by atoms with E-state index in [1.807, 2.05) is 19.1 Å². The zero-order valence-electron chi connectivity index (χ0n) is 13.0. The summed E-state index contributed by atoms with van der Waals surface area (Å²) in [6.45, 7) is 1.90. The number of nitrogens with one attached hydrogen (secondary N) is 1. The largest absolute Gasteiger partial charge is 0.322 e. The molecule has 0 saturated carbocycles. The predicted molar refractivity (Wildman–Crippen MR) is 90.9 cm³/mol. The lowest BCUT2D eigenvalue weighted by atomic mass is 10.0. The van der Waals surface area contributed by atoms with Gasteiger partial charge >= 0.3 is 0 Å². The van der Waals surface area contributed by atoms with Crippen LogP contribution in [0.5, 0.6) is 0 Å². The van der Waals surface area contributed by atoms with E-state index in [0.29, 0.717) is 16.8 Å². The lowest BCUT2D eigenvalue weighted by Gasteiger charge is -2.09. The number of hydrogen-bond acceptors (Lipinski definition) is 1. The van der Waals surface area contributed by atoms with Crippen LogP contribution in [-0.2, 0) is 0 Å². The van der Waals surface area contributed by atoms with Crippen molar-refractivity contribution in [2.45, 2.75) is 6.92 Å². The number of hydrogen-bond donors (Lipinski definition) is 1. The maximum absolute atomic E-state index is 14.1. The number of amides is 1. The molecule has 0 fully saturated rings. The third kappa shape index (κ3) is 3.49. The molecule has 120 valence electrons. The fraction of sp³-hybridized carbons (Fsp3) is 0.0500. The normalized spacial score (nSPS) is 10.5. The minimum absolute atomic E-state index is 0.0849. The third-order valence-corrected chi connectivity index (χ3v) is 3.64. The first kappa shape index (κ1) is 15.9. The van der Waals surface area contributed by atoms with Gasteiger partial charge in [-0.05, 0) is 60.0 Å². The molecule has 0 aromatic heterocycles. The van der Waals surface area contributed by atoms with Crippen LogP contribution >= 0.6 is 0 Å². The molecule has 1 N–H and O–H groups in total. The van der Waals surface area contributed by atoms with Gasteiger partial charge in [-0.2, -0.15) is 0 Å². The fourth-order valence-corrected chi connectivity index (χ4v) is 2.47. The first-order valence-electron chi connectivity index (χ1n) is 7.46. The lowest BCUT2D eigenvalue weighted by Crippen LogP contribution is -2.14. The van der Waals surface area contributed by atoms with E-state index in [9.17, 15) is 13.6 Å². The Morgan fingerprint density at radius 1 is 0.875 bits per heavy atom. The highest BCUT2D eigenvalue weighted by molar-refractivity contribution is 6.05. The molecular formula is C20H15F2NO. The van der Waals surface area contributed by atoms with E-state index in [0.717, 1.165) is 5.56 Å². The number of benzene rings is 3. The van der Waals surface area contributed by atoms with Crippen molar-refractivity contribution >= 4 is 11.6 Å². The Balaban J connectivity index is 1.92. The summed E-state index contributed by atoms with van der Waals surface area (Å²) in [7, 11) is 0. The second-order valence-corrected chi connectivity index (χ2v) is 5.53. The van der Waals surface area contributed by atoms with Crippen LogP contribution in [0, 0.1) is 18.6 Å². The van der Waals surface area contributed by atoms with E-state index in [4.69, 9.17) is 0 Å². The maximum atomic E-state index is 14.1. The van der Waals surface area contributed by atoms with E-state index in [-0.39, 0.29) is 11.4 Å². The van der Waals surface area contributed by atoms with E-state index in [2.05, 4.69) is 5.32 Å². The van der Waals surface area contributed by atoms with Gasteiger partial charge in [-0.15, -0.1) is 0 Å². The van der Waals surface area contributed by atoms with E-state index < -0.39 is 11.7 Å². The van der Waals surface area contributed by atoms with Crippen LogP contribution in [0.4, 0.5) is 14.5 Å². The van der Waals surface area contributed by atoms with E-state index in [1.165, 1.54) is 30.3 Å². The molecule has 3 rings (SSSR count). The average molecular weight is 323 g/mol. The van der Waals surface area contributed by atoms with Gasteiger partial charge in [0.25, 0.3) is 5.91 Å². The zero-order chi connectivity index (χ0) is 17.1. The summed E-state index contributed by atoms with van der Waals surface area (Å²) >= 11 is 0. The summed E-state index contributed by atoms with van der Waals surface area (Å²) in [6.07, 6.45) is 0. The molecule has 24 heavy (non-hydrogen) atoms. The Bertz CT molecular complexity index is 906. The first-order chi connectivity index (χ1) is 11.5. The summed E-state index contributed by atoms with van der Waals surface area (Å²) < 4.78 is 27.4. The minimum atomic E-state index is -0.625. The summed E-state index contributed by atoms with van der Waals surface area (Å²) in [5.41, 5.74) is 2.65. The minimum Gasteiger partial charge on any atom is -0.322 e. The van der Waals surface area contributed by atoms with Gasteiger partial charge < -0.3 is 5.32 Å². The molecule has 0 radical (unpaired) electrons. The lowest BCUT2D eigenvalue weighted by molar-refractivity contribution is 0.102. The number of carbonyl (C=O) groups excluding carboxylic acids is 1. The van der Waals surface area contributed by atoms with Gasteiger partial charge in [0.1, 0.15) is 11.6 Å². The highest BCUT2D eigenvalue weighted by Crippen LogP contribution is 2.23. The zero-order valence-corrected chi connectivity index (χ0v) is 13.0. The van der Waals surface area contributed by atoms with Gasteiger partial charge in [-0.25, -0.2) is 8.78 Å². The standard InChI is InChI=1S/C20H15F2NO/c1-13-4-2-7-17(10-13)23-20(24)18-12-15(8-9-19(18)22)14-5-3-6-16(21)11-14/h2-12H,1H3,(H,23,24). The third-order valence-electron chi connectivity index (χ3n) is 3.64. The Hall–Kier alpha value is -3.01. The van der Waals surface area contributed by atoms with Crippen molar-refractivity contribution in [2.75, 3.05) is 5.32 Å². The Morgan fingerprint density at radius 3 is 2.38 bits per heavy atom. The van der Waals surface area contributed by atoms with Gasteiger partial charge in [0.2, 0.25) is 0 Å². The summed E-state index contributed by atoms with van der Waals surface area (Å²) in [4.78, 5) is 12.4. The molecule has 3 aromatic carbocycles. The number of rotatable bonds is 3. The van der Waals surface area contributed by atoms with Crippen LogP contribution in [0.3, 0.4) is 0 Å². The van der Waals surface area contributed by atoms with Crippen LogP contribution < -0.4 is 5.32 Å². The van der Waals surface area contributed by atoms with Gasteiger partial charge in [-0.3, -0.25) is 4.79 Å². The van der Waals surface area contributed by atoms with Gasteiger partial charge in [0.05, 0.1) is 5.56 Å². The molecule has 0 spiro atoms. The predicted octanol–water partition coefficient (Wildman–Crippen LogP) is 5.19. The molecule has 1 amide bonds. The van der Waals surface area contributed by atoms with Gasteiger partial charge in [0, 0.05) is 5.69 Å². The monoisotopic (exact) mass is 323 g/mol. The number of halogens is 2. The van der Waals surface area contributed by atoms with Crippen molar-refractivity contribution in [1.82, 2.24) is 0 Å². The van der Waals surface area contributed by atoms with Crippen molar-refractivity contribution < 1.29 is 13.6 Å². The van der Waals surface area contributed by atoms with Crippen LogP contribution in [0.1, 0.15) is 15.9 Å². The Morgan fingerprint density at radius 2 is 1.62 bits per heavy atom. The quantitative estimate of drug-likeness (QED) is 0.706. The van der Waals surface area contributed by atoms with Crippen molar-refractivity contribution in [2.24, 2.45) is 0 Å². The van der Waals surface area contributed by atoms with Crippen LogP contribution in [0.15, 0.2) is 66.7 Å². The highest BCUT2D eigenvalue weighted by atomic mass is 19.1. The molecule has 0 heterocycles. The molecule has 0 aliphatic heterocycles. The van der Waals surface area contributed by atoms with E-state index >= 15 is 0 Å². The smallest absolute Gasteiger partial charge is 0.258 e. The molecular weight excluding hydrogens is 308 g/mol. The molecule has 4 heteroatoms. The summed E-state index contributed by atoms with van der Waals surface area (Å²) in [6, 6.07) is 17.4. The highest BCUT2D eigenvalue weighted by Gasteiger charge is 2.14. The molecule has 0 bridgehead atoms. The van der Waals surface area contributed by atoms with Gasteiger partial charge in [-0.1, -0.05) is 30.3 Å².